The lowest BCUT2D eigenvalue weighted by Crippen LogP contribution is -2.59. The van der Waals surface area contributed by atoms with E-state index in [1.165, 1.54) is 0 Å². The molecule has 1 heterocycles. The van der Waals surface area contributed by atoms with E-state index < -0.39 is 11.0 Å². The van der Waals surface area contributed by atoms with Crippen LogP contribution in [0, 0.1) is 28.6 Å². The normalized spacial score (nSPS) is 37.8. The molecule has 0 unspecified atom stereocenters. The van der Waals surface area contributed by atoms with E-state index in [1.807, 2.05) is 0 Å². The zero-order chi connectivity index (χ0) is 11.8. The molecule has 16 heavy (non-hydrogen) atoms. The van der Waals surface area contributed by atoms with E-state index in [9.17, 15) is 10.4 Å². The van der Waals surface area contributed by atoms with Crippen LogP contribution in [0.4, 0.5) is 0 Å². The van der Waals surface area contributed by atoms with Gasteiger partial charge in [0.05, 0.1) is 17.1 Å². The molecule has 0 bridgehead atoms. The molecule has 90 valence electrons. The van der Waals surface area contributed by atoms with Crippen LogP contribution in [0.15, 0.2) is 0 Å². The molecule has 0 aromatic heterocycles. The van der Waals surface area contributed by atoms with Crippen molar-refractivity contribution < 1.29 is 9.84 Å². The van der Waals surface area contributed by atoms with Gasteiger partial charge in [-0.05, 0) is 37.5 Å². The minimum atomic E-state index is -0.750. The van der Waals surface area contributed by atoms with E-state index >= 15 is 0 Å². The smallest absolute Gasteiger partial charge is 0.0904 e. The van der Waals surface area contributed by atoms with Crippen LogP contribution in [-0.2, 0) is 4.74 Å². The maximum Gasteiger partial charge on any atom is 0.0904 e. The molecule has 1 N–H and O–H groups in total. The van der Waals surface area contributed by atoms with E-state index in [2.05, 4.69) is 19.9 Å². The van der Waals surface area contributed by atoms with Crippen molar-refractivity contribution in [2.45, 2.75) is 45.1 Å². The van der Waals surface area contributed by atoms with Crippen molar-refractivity contribution in [1.29, 1.82) is 5.26 Å². The molecule has 0 radical (unpaired) electrons. The van der Waals surface area contributed by atoms with Crippen molar-refractivity contribution in [2.24, 2.45) is 17.3 Å². The average Bonchev–Trinajstić information content (AvgIpc) is 2.25. The highest BCUT2D eigenvalue weighted by Gasteiger charge is 2.58. The van der Waals surface area contributed by atoms with Crippen molar-refractivity contribution in [2.75, 3.05) is 13.2 Å². The highest BCUT2D eigenvalue weighted by atomic mass is 16.5. The van der Waals surface area contributed by atoms with Gasteiger partial charge in [0, 0.05) is 13.2 Å². The van der Waals surface area contributed by atoms with Gasteiger partial charge in [-0.1, -0.05) is 13.8 Å². The molecule has 1 aliphatic heterocycles. The van der Waals surface area contributed by atoms with Crippen LogP contribution in [0.1, 0.15) is 39.5 Å². The Hall–Kier alpha value is -0.590. The third-order valence-corrected chi connectivity index (χ3v) is 4.59. The molecule has 0 atom stereocenters. The first-order valence-corrected chi connectivity index (χ1v) is 6.24. The lowest BCUT2D eigenvalue weighted by Gasteiger charge is -2.55. The first kappa shape index (κ1) is 11.9. The van der Waals surface area contributed by atoms with E-state index in [-0.39, 0.29) is 0 Å². The second-order valence-electron chi connectivity index (χ2n) is 5.75. The average molecular weight is 223 g/mol. The monoisotopic (exact) mass is 223 g/mol. The van der Waals surface area contributed by atoms with Crippen molar-refractivity contribution in [3.05, 3.63) is 0 Å². The number of ether oxygens (including phenoxy) is 1. The van der Waals surface area contributed by atoms with Gasteiger partial charge in [-0.15, -0.1) is 0 Å². The second kappa shape index (κ2) is 4.01. The number of nitriles is 1. The van der Waals surface area contributed by atoms with Crippen LogP contribution in [-0.4, -0.2) is 23.9 Å². The highest BCUT2D eigenvalue weighted by molar-refractivity contribution is 5.17. The molecular weight excluding hydrogens is 202 g/mol. The van der Waals surface area contributed by atoms with Crippen LogP contribution in [0.5, 0.6) is 0 Å². The standard InChI is InChI=1S/C13H21NO2/c1-10(2)11-7-13(15,8-11)12(9-14)3-5-16-6-4-12/h10-11,15H,3-8H2,1-2H3. The number of rotatable bonds is 2. The molecule has 0 spiro atoms. The summed E-state index contributed by atoms with van der Waals surface area (Å²) in [4.78, 5) is 0. The molecule has 2 fully saturated rings. The van der Waals surface area contributed by atoms with Gasteiger partial charge in [0.25, 0.3) is 0 Å². The van der Waals surface area contributed by atoms with Crippen molar-refractivity contribution in [1.82, 2.24) is 0 Å². The molecule has 0 aromatic rings. The third-order valence-electron chi connectivity index (χ3n) is 4.59. The summed E-state index contributed by atoms with van der Waals surface area (Å²) in [6, 6.07) is 2.39. The zero-order valence-corrected chi connectivity index (χ0v) is 10.2. The van der Waals surface area contributed by atoms with Gasteiger partial charge in [0.1, 0.15) is 0 Å². The number of hydrogen-bond acceptors (Lipinski definition) is 3. The Bertz CT molecular complexity index is 294. The first-order valence-electron chi connectivity index (χ1n) is 6.24. The summed E-state index contributed by atoms with van der Waals surface area (Å²) in [6.07, 6.45) is 2.95. The van der Waals surface area contributed by atoms with Crippen LogP contribution in [0.3, 0.4) is 0 Å². The molecule has 0 aromatic carbocycles. The Morgan fingerprint density at radius 1 is 1.31 bits per heavy atom. The Morgan fingerprint density at radius 3 is 2.31 bits per heavy atom. The summed E-state index contributed by atoms with van der Waals surface area (Å²) in [7, 11) is 0. The summed E-state index contributed by atoms with van der Waals surface area (Å²) in [5.41, 5.74) is -1.29. The number of aliphatic hydroxyl groups is 1. The van der Waals surface area contributed by atoms with Gasteiger partial charge in [-0.25, -0.2) is 0 Å². The van der Waals surface area contributed by atoms with E-state index in [0.29, 0.717) is 37.9 Å². The quantitative estimate of drug-likeness (QED) is 0.780. The van der Waals surface area contributed by atoms with Gasteiger partial charge in [-0.3, -0.25) is 0 Å². The summed E-state index contributed by atoms with van der Waals surface area (Å²) in [6.45, 7) is 5.60. The van der Waals surface area contributed by atoms with Crippen LogP contribution in [0.25, 0.3) is 0 Å². The summed E-state index contributed by atoms with van der Waals surface area (Å²) in [5.74, 6) is 1.19. The molecular formula is C13H21NO2. The Kier molecular flexibility index (Phi) is 2.98. The molecule has 0 amide bonds. The summed E-state index contributed by atoms with van der Waals surface area (Å²) < 4.78 is 5.30. The van der Waals surface area contributed by atoms with Gasteiger partial charge in [-0.2, -0.15) is 5.26 Å². The number of nitrogens with zero attached hydrogens (tertiary/aromatic N) is 1. The van der Waals surface area contributed by atoms with Crippen molar-refractivity contribution in [3.8, 4) is 6.07 Å². The molecule has 3 heteroatoms. The Labute approximate surface area is 97.4 Å². The fraction of sp³-hybridized carbons (Fsp3) is 0.923. The number of hydrogen-bond donors (Lipinski definition) is 1. The molecule has 2 aliphatic rings. The molecule has 1 saturated carbocycles. The minimum absolute atomic E-state index is 0.545. The lowest BCUT2D eigenvalue weighted by atomic mass is 9.53. The van der Waals surface area contributed by atoms with E-state index in [1.54, 1.807) is 0 Å². The molecule has 1 saturated heterocycles. The predicted octanol–water partition coefficient (Wildman–Crippen LogP) is 2.10. The van der Waals surface area contributed by atoms with E-state index in [4.69, 9.17) is 4.74 Å². The lowest BCUT2D eigenvalue weighted by molar-refractivity contribution is -0.179. The Morgan fingerprint density at radius 2 is 1.88 bits per heavy atom. The fourth-order valence-corrected chi connectivity index (χ4v) is 3.07. The molecule has 1 aliphatic carbocycles. The predicted molar refractivity (Wildman–Crippen MR) is 60.6 cm³/mol. The highest BCUT2D eigenvalue weighted by Crippen LogP contribution is 2.55. The first-order chi connectivity index (χ1) is 7.53. The van der Waals surface area contributed by atoms with Gasteiger partial charge in [0.15, 0.2) is 0 Å². The topological polar surface area (TPSA) is 53.2 Å². The zero-order valence-electron chi connectivity index (χ0n) is 10.2. The van der Waals surface area contributed by atoms with Crippen LogP contribution in [0.2, 0.25) is 0 Å². The Balaban J connectivity index is 2.09. The van der Waals surface area contributed by atoms with E-state index in [0.717, 1.165) is 12.8 Å². The maximum absolute atomic E-state index is 10.6. The SMILES string of the molecule is CC(C)C1CC(O)(C2(C#N)CCOCC2)C1. The van der Waals surface area contributed by atoms with Gasteiger partial charge < -0.3 is 9.84 Å². The second-order valence-corrected chi connectivity index (χ2v) is 5.75. The van der Waals surface area contributed by atoms with Crippen molar-refractivity contribution in [3.63, 3.8) is 0 Å². The van der Waals surface area contributed by atoms with Crippen molar-refractivity contribution >= 4 is 0 Å². The summed E-state index contributed by atoms with van der Waals surface area (Å²) >= 11 is 0. The van der Waals surface area contributed by atoms with Crippen LogP contribution < -0.4 is 0 Å². The minimum Gasteiger partial charge on any atom is -0.388 e. The molecule has 2 rings (SSSR count). The maximum atomic E-state index is 10.6. The van der Waals surface area contributed by atoms with Gasteiger partial charge >= 0.3 is 0 Å². The fourth-order valence-electron chi connectivity index (χ4n) is 3.07. The summed E-state index contributed by atoms with van der Waals surface area (Å²) in [5, 5.41) is 20.0. The van der Waals surface area contributed by atoms with Gasteiger partial charge in [0.2, 0.25) is 0 Å². The van der Waals surface area contributed by atoms with Crippen LogP contribution >= 0.6 is 0 Å². The molecule has 3 nitrogen and oxygen atoms in total. The largest absolute Gasteiger partial charge is 0.388 e. The third kappa shape index (κ3) is 1.65.